The van der Waals surface area contributed by atoms with Crippen molar-refractivity contribution in [3.63, 3.8) is 0 Å². The summed E-state index contributed by atoms with van der Waals surface area (Å²) in [4.78, 5) is 11.5. The van der Waals surface area contributed by atoms with Crippen LogP contribution in [0, 0.1) is 0 Å². The van der Waals surface area contributed by atoms with Crippen LogP contribution in [0.4, 0.5) is 0 Å². The second kappa shape index (κ2) is 11.4. The van der Waals surface area contributed by atoms with Gasteiger partial charge in [0, 0.05) is 6.42 Å². The molecule has 0 heterocycles. The second-order valence-corrected chi connectivity index (χ2v) is 5.45. The monoisotopic (exact) mass is 276 g/mol. The summed E-state index contributed by atoms with van der Waals surface area (Å²) < 4.78 is 0. The minimum atomic E-state index is -0.755. The van der Waals surface area contributed by atoms with Crippen molar-refractivity contribution in [2.24, 2.45) is 0 Å². The van der Waals surface area contributed by atoms with Crippen molar-refractivity contribution in [3.8, 4) is 0 Å². The number of unbranched alkanes of at least 4 members (excludes halogenated alkanes) is 2. The first-order valence-corrected chi connectivity index (χ1v) is 7.32. The van der Waals surface area contributed by atoms with E-state index in [2.05, 4.69) is 6.08 Å². The van der Waals surface area contributed by atoms with Crippen molar-refractivity contribution < 1.29 is 9.90 Å². The fourth-order valence-electron chi connectivity index (χ4n) is 1.49. The Bertz CT molecular complexity index is 365. The van der Waals surface area contributed by atoms with Crippen molar-refractivity contribution in [2.45, 2.75) is 58.5 Å². The number of hydrogen-bond acceptors (Lipinski definition) is 2. The first-order valence-electron chi connectivity index (χ1n) is 7.32. The SMILES string of the molecule is C/C=C/C=C/C=C/CCC/C=C/C(=O)CCC(C)(C)O. The Kier molecular flexibility index (Phi) is 10.6. The predicted molar refractivity (Wildman–Crippen MR) is 86.6 cm³/mol. The molecule has 0 aliphatic rings. The number of rotatable bonds is 10. The topological polar surface area (TPSA) is 37.3 Å². The van der Waals surface area contributed by atoms with Crippen LogP contribution in [0.1, 0.15) is 52.9 Å². The van der Waals surface area contributed by atoms with Crippen LogP contribution in [-0.4, -0.2) is 16.5 Å². The number of ketones is 1. The highest BCUT2D eigenvalue weighted by Gasteiger charge is 2.13. The van der Waals surface area contributed by atoms with Crippen LogP contribution < -0.4 is 0 Å². The summed E-state index contributed by atoms with van der Waals surface area (Å²) >= 11 is 0. The molecular formula is C18H28O2. The lowest BCUT2D eigenvalue weighted by molar-refractivity contribution is -0.115. The molecule has 112 valence electrons. The molecule has 0 aliphatic heterocycles. The van der Waals surface area contributed by atoms with Gasteiger partial charge in [0.2, 0.25) is 0 Å². The van der Waals surface area contributed by atoms with E-state index in [-0.39, 0.29) is 5.78 Å². The van der Waals surface area contributed by atoms with Crippen molar-refractivity contribution in [1.29, 1.82) is 0 Å². The highest BCUT2D eigenvalue weighted by molar-refractivity contribution is 5.89. The molecule has 20 heavy (non-hydrogen) atoms. The zero-order valence-electron chi connectivity index (χ0n) is 13.0. The van der Waals surface area contributed by atoms with Crippen LogP contribution in [0.2, 0.25) is 0 Å². The Morgan fingerprint density at radius 3 is 2.35 bits per heavy atom. The summed E-state index contributed by atoms with van der Waals surface area (Å²) in [6.07, 6.45) is 19.6. The van der Waals surface area contributed by atoms with Gasteiger partial charge in [-0.1, -0.05) is 42.5 Å². The molecule has 0 aromatic heterocycles. The van der Waals surface area contributed by atoms with Crippen molar-refractivity contribution in [2.75, 3.05) is 0 Å². The summed E-state index contributed by atoms with van der Waals surface area (Å²) in [6, 6.07) is 0. The Morgan fingerprint density at radius 2 is 1.70 bits per heavy atom. The zero-order valence-corrected chi connectivity index (χ0v) is 13.0. The second-order valence-electron chi connectivity index (χ2n) is 5.45. The molecule has 2 nitrogen and oxygen atoms in total. The van der Waals surface area contributed by atoms with Gasteiger partial charge in [-0.25, -0.2) is 0 Å². The Morgan fingerprint density at radius 1 is 1.05 bits per heavy atom. The Balaban J connectivity index is 3.64. The van der Waals surface area contributed by atoms with Gasteiger partial charge in [-0.2, -0.15) is 0 Å². The minimum Gasteiger partial charge on any atom is -0.390 e. The zero-order chi connectivity index (χ0) is 15.3. The van der Waals surface area contributed by atoms with E-state index in [1.165, 1.54) is 0 Å². The van der Waals surface area contributed by atoms with Gasteiger partial charge in [-0.3, -0.25) is 4.79 Å². The standard InChI is InChI=1S/C18H28O2/c1-4-5-6-7-8-9-10-11-12-13-14-17(19)15-16-18(2,3)20/h4-9,13-14,20H,10-12,15-16H2,1-3H3/b5-4+,7-6+,9-8+,14-13+. The predicted octanol–water partition coefficient (Wildman–Crippen LogP) is 4.52. The molecule has 0 aromatic carbocycles. The van der Waals surface area contributed by atoms with Crippen LogP contribution in [0.25, 0.3) is 0 Å². The van der Waals surface area contributed by atoms with Crippen molar-refractivity contribution >= 4 is 5.78 Å². The molecule has 0 spiro atoms. The number of carbonyl (C=O) groups is 1. The summed E-state index contributed by atoms with van der Waals surface area (Å²) in [5.41, 5.74) is -0.755. The summed E-state index contributed by atoms with van der Waals surface area (Å²) in [7, 11) is 0. The van der Waals surface area contributed by atoms with E-state index >= 15 is 0 Å². The molecule has 2 heteroatoms. The molecule has 0 unspecified atom stereocenters. The summed E-state index contributed by atoms with van der Waals surface area (Å²) in [5.74, 6) is 0.0944. The van der Waals surface area contributed by atoms with Crippen molar-refractivity contribution in [1.82, 2.24) is 0 Å². The molecule has 0 radical (unpaired) electrons. The number of aliphatic hydroxyl groups is 1. The molecule has 0 amide bonds. The fourth-order valence-corrected chi connectivity index (χ4v) is 1.49. The normalized spacial score (nSPS) is 13.4. The van der Waals surface area contributed by atoms with Gasteiger partial charge in [0.15, 0.2) is 5.78 Å². The van der Waals surface area contributed by atoms with E-state index in [4.69, 9.17) is 0 Å². The maximum absolute atomic E-state index is 11.5. The molecule has 0 aliphatic carbocycles. The van der Waals surface area contributed by atoms with E-state index in [1.807, 2.05) is 43.4 Å². The number of hydrogen-bond donors (Lipinski definition) is 1. The third kappa shape index (κ3) is 14.7. The molecule has 0 fully saturated rings. The molecule has 0 aromatic rings. The van der Waals surface area contributed by atoms with E-state index in [0.29, 0.717) is 12.8 Å². The van der Waals surface area contributed by atoms with Gasteiger partial charge in [0.25, 0.3) is 0 Å². The largest absolute Gasteiger partial charge is 0.390 e. The van der Waals surface area contributed by atoms with Gasteiger partial charge in [0.1, 0.15) is 0 Å². The van der Waals surface area contributed by atoms with Gasteiger partial charge < -0.3 is 5.11 Å². The highest BCUT2D eigenvalue weighted by atomic mass is 16.3. The van der Waals surface area contributed by atoms with E-state index < -0.39 is 5.60 Å². The number of allylic oxidation sites excluding steroid dienone is 8. The maximum atomic E-state index is 11.5. The fraction of sp³-hybridized carbons (Fsp3) is 0.500. The van der Waals surface area contributed by atoms with E-state index in [0.717, 1.165) is 19.3 Å². The first kappa shape index (κ1) is 18.6. The van der Waals surface area contributed by atoms with Gasteiger partial charge in [-0.05, 0) is 52.5 Å². The third-order valence-electron chi connectivity index (χ3n) is 2.69. The molecule has 1 N–H and O–H groups in total. The average molecular weight is 276 g/mol. The molecular weight excluding hydrogens is 248 g/mol. The Labute approximate surface area is 123 Å². The van der Waals surface area contributed by atoms with Crippen LogP contribution in [-0.2, 0) is 4.79 Å². The molecule has 0 bridgehead atoms. The summed E-state index contributed by atoms with van der Waals surface area (Å²) in [5, 5.41) is 9.52. The quantitative estimate of drug-likeness (QED) is 0.362. The van der Waals surface area contributed by atoms with Crippen LogP contribution in [0.3, 0.4) is 0 Å². The van der Waals surface area contributed by atoms with E-state index in [1.54, 1.807) is 19.9 Å². The number of carbonyl (C=O) groups excluding carboxylic acids is 1. The smallest absolute Gasteiger partial charge is 0.155 e. The maximum Gasteiger partial charge on any atom is 0.155 e. The average Bonchev–Trinajstić information content (AvgIpc) is 2.38. The lowest BCUT2D eigenvalue weighted by Gasteiger charge is -2.15. The van der Waals surface area contributed by atoms with Gasteiger partial charge in [0.05, 0.1) is 5.60 Å². The van der Waals surface area contributed by atoms with Crippen LogP contribution >= 0.6 is 0 Å². The van der Waals surface area contributed by atoms with Crippen LogP contribution in [0.15, 0.2) is 48.6 Å². The molecule has 0 saturated carbocycles. The van der Waals surface area contributed by atoms with E-state index in [9.17, 15) is 9.90 Å². The first-order chi connectivity index (χ1) is 9.45. The molecule has 0 atom stereocenters. The minimum absolute atomic E-state index is 0.0944. The summed E-state index contributed by atoms with van der Waals surface area (Å²) in [6.45, 7) is 5.44. The van der Waals surface area contributed by atoms with Gasteiger partial charge >= 0.3 is 0 Å². The Hall–Kier alpha value is -1.41. The van der Waals surface area contributed by atoms with Gasteiger partial charge in [-0.15, -0.1) is 0 Å². The third-order valence-corrected chi connectivity index (χ3v) is 2.69. The highest BCUT2D eigenvalue weighted by Crippen LogP contribution is 2.10. The molecule has 0 saturated heterocycles. The van der Waals surface area contributed by atoms with Crippen LogP contribution in [0.5, 0.6) is 0 Å². The lowest BCUT2D eigenvalue weighted by atomic mass is 10.0. The van der Waals surface area contributed by atoms with Crippen molar-refractivity contribution in [3.05, 3.63) is 48.6 Å². The molecule has 0 rings (SSSR count). The lowest BCUT2D eigenvalue weighted by Crippen LogP contribution is -2.19.